The van der Waals surface area contributed by atoms with Crippen LogP contribution in [0.1, 0.15) is 19.3 Å². The van der Waals surface area contributed by atoms with Crippen LogP contribution in [0.4, 0.5) is 0 Å². The molecule has 1 fully saturated rings. The second kappa shape index (κ2) is 4.36. The van der Waals surface area contributed by atoms with Crippen molar-refractivity contribution in [1.82, 2.24) is 14.1 Å². The van der Waals surface area contributed by atoms with Crippen LogP contribution in [0.15, 0.2) is 0 Å². The van der Waals surface area contributed by atoms with E-state index in [1.807, 2.05) is 0 Å². The summed E-state index contributed by atoms with van der Waals surface area (Å²) >= 11 is 0. The summed E-state index contributed by atoms with van der Waals surface area (Å²) in [5.41, 5.74) is 0. The van der Waals surface area contributed by atoms with Crippen LogP contribution in [0, 0.1) is 0 Å². The summed E-state index contributed by atoms with van der Waals surface area (Å²) in [5, 5.41) is 1.76. The van der Waals surface area contributed by atoms with Gasteiger partial charge in [-0.05, 0) is 12.8 Å². The second-order valence-electron chi connectivity index (χ2n) is 3.43. The van der Waals surface area contributed by atoms with Crippen molar-refractivity contribution in [2.45, 2.75) is 19.3 Å². The molecule has 0 amide bonds. The summed E-state index contributed by atoms with van der Waals surface area (Å²) in [6, 6.07) is 0. The Bertz CT molecular complexity index is 244. The first-order valence-electron chi connectivity index (χ1n) is 4.47. The fourth-order valence-corrected chi connectivity index (χ4v) is 1.90. The van der Waals surface area contributed by atoms with E-state index in [-0.39, 0.29) is 0 Å². The summed E-state index contributed by atoms with van der Waals surface area (Å²) in [7, 11) is -0.248. The Balaban J connectivity index is 2.47. The smallest absolute Gasteiger partial charge is 0.230 e. The number of hydrogen-bond acceptors (Lipinski definition) is 3. The molecule has 0 radical (unpaired) electrons. The lowest BCUT2D eigenvalue weighted by Gasteiger charge is -2.27. The van der Waals surface area contributed by atoms with E-state index in [1.165, 1.54) is 24.8 Å². The zero-order valence-corrected chi connectivity index (χ0v) is 8.97. The van der Waals surface area contributed by atoms with Crippen LogP contribution < -0.4 is 4.83 Å². The van der Waals surface area contributed by atoms with Crippen molar-refractivity contribution in [3.05, 3.63) is 0 Å². The van der Waals surface area contributed by atoms with Gasteiger partial charge in [-0.2, -0.15) is 12.7 Å². The van der Waals surface area contributed by atoms with Gasteiger partial charge >= 0.3 is 0 Å². The first-order valence-corrected chi connectivity index (χ1v) is 5.91. The van der Waals surface area contributed by atoms with E-state index < -0.39 is 10.2 Å². The molecule has 0 unspecified atom stereocenters. The van der Waals surface area contributed by atoms with Crippen LogP contribution in [0.25, 0.3) is 0 Å². The normalized spacial score (nSPS) is 20.8. The molecule has 1 aliphatic rings. The highest BCUT2D eigenvalue weighted by molar-refractivity contribution is 7.87. The lowest BCUT2D eigenvalue weighted by molar-refractivity contribution is 0.195. The molecule has 1 rings (SSSR count). The van der Waals surface area contributed by atoms with Crippen LogP contribution >= 0.6 is 0 Å². The highest BCUT2D eigenvalue weighted by atomic mass is 32.2. The molecular formula is C7H17N3O2S. The molecule has 0 atom stereocenters. The average Bonchev–Trinajstić information content (AvgIpc) is 2.05. The van der Waals surface area contributed by atoms with Crippen molar-refractivity contribution in [2.75, 3.05) is 27.2 Å². The zero-order valence-electron chi connectivity index (χ0n) is 8.15. The Morgan fingerprint density at radius 3 is 2.15 bits per heavy atom. The maximum absolute atomic E-state index is 11.4. The Labute approximate surface area is 79.9 Å². The van der Waals surface area contributed by atoms with Gasteiger partial charge < -0.3 is 0 Å². The van der Waals surface area contributed by atoms with E-state index in [9.17, 15) is 8.42 Å². The molecule has 1 heterocycles. The first-order chi connectivity index (χ1) is 6.02. The molecule has 6 heteroatoms. The Morgan fingerprint density at radius 2 is 1.69 bits per heavy atom. The third kappa shape index (κ3) is 3.22. The van der Waals surface area contributed by atoms with Gasteiger partial charge in [-0.15, -0.1) is 4.83 Å². The van der Waals surface area contributed by atoms with Gasteiger partial charge in [0.1, 0.15) is 0 Å². The molecule has 0 spiro atoms. The number of rotatable bonds is 3. The molecule has 0 aromatic heterocycles. The maximum atomic E-state index is 11.4. The van der Waals surface area contributed by atoms with Crippen molar-refractivity contribution in [3.63, 3.8) is 0 Å². The molecule has 0 saturated carbocycles. The molecule has 0 bridgehead atoms. The summed E-state index contributed by atoms with van der Waals surface area (Å²) < 4.78 is 23.9. The third-order valence-corrected chi connectivity index (χ3v) is 3.53. The largest absolute Gasteiger partial charge is 0.291 e. The van der Waals surface area contributed by atoms with Gasteiger partial charge in [0.05, 0.1) is 0 Å². The molecular weight excluding hydrogens is 190 g/mol. The fraction of sp³-hybridized carbons (Fsp3) is 1.00. The monoisotopic (exact) mass is 207 g/mol. The van der Waals surface area contributed by atoms with Gasteiger partial charge in [0.25, 0.3) is 10.2 Å². The van der Waals surface area contributed by atoms with E-state index in [2.05, 4.69) is 4.83 Å². The molecule has 0 aliphatic carbocycles. The topological polar surface area (TPSA) is 52.7 Å². The fourth-order valence-electron chi connectivity index (χ4n) is 1.23. The highest BCUT2D eigenvalue weighted by Gasteiger charge is 2.18. The van der Waals surface area contributed by atoms with E-state index >= 15 is 0 Å². The van der Waals surface area contributed by atoms with Crippen molar-refractivity contribution in [2.24, 2.45) is 0 Å². The Kier molecular flexibility index (Phi) is 3.66. The van der Waals surface area contributed by atoms with Gasteiger partial charge in [-0.25, -0.2) is 5.01 Å². The second-order valence-corrected chi connectivity index (χ2v) is 5.29. The molecule has 1 aliphatic heterocycles. The summed E-state index contributed by atoms with van der Waals surface area (Å²) in [6.07, 6.45) is 3.33. The predicted molar refractivity (Wildman–Crippen MR) is 51.2 cm³/mol. The molecule has 78 valence electrons. The summed E-state index contributed by atoms with van der Waals surface area (Å²) in [5.74, 6) is 0. The lowest BCUT2D eigenvalue weighted by Crippen LogP contribution is -2.49. The predicted octanol–water partition coefficient (Wildman–Crippen LogP) is -0.217. The van der Waals surface area contributed by atoms with E-state index in [0.717, 1.165) is 25.9 Å². The summed E-state index contributed by atoms with van der Waals surface area (Å²) in [6.45, 7) is 1.63. The SMILES string of the molecule is CN(C)S(=O)(=O)NN1CCCCC1. The maximum Gasteiger partial charge on any atom is 0.291 e. The standard InChI is InChI=1S/C7H17N3O2S/c1-9(2)13(11,12)8-10-6-4-3-5-7-10/h8H,3-7H2,1-2H3. The first kappa shape index (κ1) is 10.9. The number of hydrogen-bond donors (Lipinski definition) is 1. The number of nitrogens with one attached hydrogen (secondary N) is 1. The third-order valence-electron chi connectivity index (χ3n) is 2.08. The minimum Gasteiger partial charge on any atom is -0.230 e. The van der Waals surface area contributed by atoms with Crippen LogP contribution in [0.5, 0.6) is 0 Å². The van der Waals surface area contributed by atoms with Gasteiger partial charge in [0.15, 0.2) is 0 Å². The van der Waals surface area contributed by atoms with Crippen molar-refractivity contribution < 1.29 is 8.42 Å². The summed E-state index contributed by atoms with van der Waals surface area (Å²) in [4.78, 5) is 2.53. The van der Waals surface area contributed by atoms with Gasteiger partial charge in [-0.1, -0.05) is 6.42 Å². The molecule has 1 N–H and O–H groups in total. The molecule has 0 aromatic carbocycles. The van der Waals surface area contributed by atoms with Crippen LogP contribution in [-0.2, 0) is 10.2 Å². The molecule has 13 heavy (non-hydrogen) atoms. The number of nitrogens with zero attached hydrogens (tertiary/aromatic N) is 2. The van der Waals surface area contributed by atoms with Crippen LogP contribution in [-0.4, -0.2) is 44.9 Å². The van der Waals surface area contributed by atoms with E-state index in [4.69, 9.17) is 0 Å². The Hall–Kier alpha value is -0.170. The van der Waals surface area contributed by atoms with Crippen molar-refractivity contribution in [3.8, 4) is 0 Å². The number of hydrazine groups is 1. The van der Waals surface area contributed by atoms with Crippen molar-refractivity contribution >= 4 is 10.2 Å². The quantitative estimate of drug-likeness (QED) is 0.696. The average molecular weight is 207 g/mol. The van der Waals surface area contributed by atoms with Crippen molar-refractivity contribution in [1.29, 1.82) is 0 Å². The highest BCUT2D eigenvalue weighted by Crippen LogP contribution is 2.06. The number of piperidine rings is 1. The molecule has 1 saturated heterocycles. The van der Waals surface area contributed by atoms with Crippen LogP contribution in [0.2, 0.25) is 0 Å². The minimum absolute atomic E-state index is 0.813. The van der Waals surface area contributed by atoms with Crippen LogP contribution in [0.3, 0.4) is 0 Å². The molecule has 5 nitrogen and oxygen atoms in total. The van der Waals surface area contributed by atoms with E-state index in [0.29, 0.717) is 0 Å². The van der Waals surface area contributed by atoms with E-state index in [1.54, 1.807) is 5.01 Å². The van der Waals surface area contributed by atoms with Gasteiger partial charge in [0.2, 0.25) is 0 Å². The lowest BCUT2D eigenvalue weighted by atomic mass is 10.2. The van der Waals surface area contributed by atoms with Gasteiger partial charge in [-0.3, -0.25) is 0 Å². The van der Waals surface area contributed by atoms with Gasteiger partial charge in [0, 0.05) is 27.2 Å². The molecule has 0 aromatic rings. The zero-order chi connectivity index (χ0) is 9.90. The minimum atomic E-state index is -3.29. The Morgan fingerprint density at radius 1 is 1.15 bits per heavy atom.